The van der Waals surface area contributed by atoms with Crippen molar-refractivity contribution in [3.8, 4) is 0 Å². The quantitative estimate of drug-likeness (QED) is 0.856. The maximum absolute atomic E-state index is 11.8. The Bertz CT molecular complexity index is 440. The van der Waals surface area contributed by atoms with Gasteiger partial charge in [0, 0.05) is 13.5 Å². The number of carboxylic acid groups (broad SMARTS) is 1. The molecule has 104 valence electrons. The number of carbonyl (C=O) groups excluding carboxylic acids is 1. The molecule has 0 saturated carbocycles. The molecule has 0 heterocycles. The van der Waals surface area contributed by atoms with Gasteiger partial charge in [0.2, 0.25) is 5.91 Å². The molecule has 19 heavy (non-hydrogen) atoms. The van der Waals surface area contributed by atoms with Gasteiger partial charge in [0.15, 0.2) is 0 Å². The van der Waals surface area contributed by atoms with Crippen LogP contribution < -0.4 is 0 Å². The third-order valence-electron chi connectivity index (χ3n) is 3.32. The molecule has 0 spiro atoms. The van der Waals surface area contributed by atoms with Crippen LogP contribution in [0.1, 0.15) is 32.3 Å². The molecule has 4 nitrogen and oxygen atoms in total. The zero-order valence-corrected chi connectivity index (χ0v) is 11.7. The van der Waals surface area contributed by atoms with Crippen molar-refractivity contribution in [1.82, 2.24) is 4.90 Å². The molecule has 1 N–H and O–H groups in total. The fourth-order valence-electron chi connectivity index (χ4n) is 1.94. The molecule has 1 rings (SSSR count). The lowest BCUT2D eigenvalue weighted by molar-refractivity contribution is -0.143. The van der Waals surface area contributed by atoms with Crippen molar-refractivity contribution in [2.24, 2.45) is 0 Å². The molecule has 0 aliphatic carbocycles. The van der Waals surface area contributed by atoms with Crippen molar-refractivity contribution in [2.45, 2.75) is 32.1 Å². The summed E-state index contributed by atoms with van der Waals surface area (Å²) in [6, 6.07) is 10.0. The molecule has 0 saturated heterocycles. The molecule has 0 aromatic heterocycles. The number of amides is 1. The predicted octanol–water partition coefficient (Wildman–Crippen LogP) is 2.29. The number of nitrogens with zero attached hydrogens (tertiary/aromatic N) is 1. The number of carbonyl (C=O) groups is 2. The molecule has 0 radical (unpaired) electrons. The van der Waals surface area contributed by atoms with Crippen molar-refractivity contribution < 1.29 is 14.7 Å². The van der Waals surface area contributed by atoms with Gasteiger partial charge in [-0.25, -0.2) is 0 Å². The van der Waals surface area contributed by atoms with Crippen molar-refractivity contribution in [3.05, 3.63) is 35.9 Å². The minimum absolute atomic E-state index is 0.0962. The number of likely N-dealkylation sites (N-methyl/N-ethyl adjacent to an activating group) is 1. The van der Waals surface area contributed by atoms with E-state index in [9.17, 15) is 9.59 Å². The Morgan fingerprint density at radius 1 is 1.21 bits per heavy atom. The summed E-state index contributed by atoms with van der Waals surface area (Å²) in [5, 5.41) is 8.64. The van der Waals surface area contributed by atoms with E-state index in [0.717, 1.165) is 0 Å². The predicted molar refractivity (Wildman–Crippen MR) is 74.0 cm³/mol. The van der Waals surface area contributed by atoms with Crippen LogP contribution in [0.5, 0.6) is 0 Å². The first-order valence-electron chi connectivity index (χ1n) is 6.34. The SMILES string of the molecule is CN(CC(=O)O)C(=O)CCC(C)(C)c1ccccc1. The number of carboxylic acids is 1. The van der Waals surface area contributed by atoms with Crippen LogP contribution in [0, 0.1) is 0 Å². The average molecular weight is 263 g/mol. The highest BCUT2D eigenvalue weighted by atomic mass is 16.4. The van der Waals surface area contributed by atoms with Crippen LogP contribution in [-0.2, 0) is 15.0 Å². The van der Waals surface area contributed by atoms with Gasteiger partial charge >= 0.3 is 5.97 Å². The normalized spacial score (nSPS) is 11.1. The van der Waals surface area contributed by atoms with E-state index in [-0.39, 0.29) is 17.9 Å². The Morgan fingerprint density at radius 2 is 1.79 bits per heavy atom. The van der Waals surface area contributed by atoms with Crippen LogP contribution in [0.3, 0.4) is 0 Å². The Morgan fingerprint density at radius 3 is 2.32 bits per heavy atom. The summed E-state index contributed by atoms with van der Waals surface area (Å²) < 4.78 is 0. The fraction of sp³-hybridized carbons (Fsp3) is 0.467. The lowest BCUT2D eigenvalue weighted by Crippen LogP contribution is -2.33. The monoisotopic (exact) mass is 263 g/mol. The Kier molecular flexibility index (Phi) is 5.10. The van der Waals surface area contributed by atoms with Crippen molar-refractivity contribution in [3.63, 3.8) is 0 Å². The lowest BCUT2D eigenvalue weighted by Gasteiger charge is -2.26. The van der Waals surface area contributed by atoms with Crippen LogP contribution in [0.4, 0.5) is 0 Å². The zero-order valence-electron chi connectivity index (χ0n) is 11.7. The van der Waals surface area contributed by atoms with Crippen LogP contribution in [0.25, 0.3) is 0 Å². The second-order valence-corrected chi connectivity index (χ2v) is 5.39. The third-order valence-corrected chi connectivity index (χ3v) is 3.32. The van der Waals surface area contributed by atoms with E-state index in [1.165, 1.54) is 17.5 Å². The van der Waals surface area contributed by atoms with E-state index in [1.54, 1.807) is 0 Å². The summed E-state index contributed by atoms with van der Waals surface area (Å²) in [7, 11) is 1.52. The number of hydrogen-bond acceptors (Lipinski definition) is 2. The summed E-state index contributed by atoms with van der Waals surface area (Å²) in [4.78, 5) is 23.6. The molecule has 1 aromatic rings. The van der Waals surface area contributed by atoms with Gasteiger partial charge in [-0.1, -0.05) is 44.2 Å². The molecule has 1 aromatic carbocycles. The highest BCUT2D eigenvalue weighted by Gasteiger charge is 2.22. The van der Waals surface area contributed by atoms with Gasteiger partial charge in [-0.2, -0.15) is 0 Å². The summed E-state index contributed by atoms with van der Waals surface area (Å²) in [5.74, 6) is -1.12. The fourth-order valence-corrected chi connectivity index (χ4v) is 1.94. The van der Waals surface area contributed by atoms with Gasteiger partial charge in [-0.3, -0.25) is 9.59 Å². The number of rotatable bonds is 6. The van der Waals surface area contributed by atoms with Crippen LogP contribution in [-0.4, -0.2) is 35.5 Å². The second-order valence-electron chi connectivity index (χ2n) is 5.39. The highest BCUT2D eigenvalue weighted by molar-refractivity contribution is 5.81. The summed E-state index contributed by atoms with van der Waals surface area (Å²) in [6.07, 6.45) is 1.05. The van der Waals surface area contributed by atoms with Gasteiger partial charge in [0.05, 0.1) is 0 Å². The largest absolute Gasteiger partial charge is 0.480 e. The topological polar surface area (TPSA) is 57.6 Å². The molecule has 0 aliphatic heterocycles. The Balaban J connectivity index is 2.56. The molecule has 0 fully saturated rings. The van der Waals surface area contributed by atoms with Gasteiger partial charge < -0.3 is 10.0 Å². The first-order valence-corrected chi connectivity index (χ1v) is 6.34. The minimum Gasteiger partial charge on any atom is -0.480 e. The lowest BCUT2D eigenvalue weighted by atomic mass is 9.80. The Hall–Kier alpha value is -1.84. The van der Waals surface area contributed by atoms with Crippen LogP contribution in [0.2, 0.25) is 0 Å². The third kappa shape index (κ3) is 4.73. The molecule has 0 atom stereocenters. The van der Waals surface area contributed by atoms with E-state index in [0.29, 0.717) is 12.8 Å². The van der Waals surface area contributed by atoms with Gasteiger partial charge in [0.25, 0.3) is 0 Å². The van der Waals surface area contributed by atoms with E-state index < -0.39 is 5.97 Å². The first-order chi connectivity index (χ1) is 8.83. The van der Waals surface area contributed by atoms with Crippen molar-refractivity contribution in [2.75, 3.05) is 13.6 Å². The maximum atomic E-state index is 11.8. The highest BCUT2D eigenvalue weighted by Crippen LogP contribution is 2.28. The average Bonchev–Trinajstić information content (AvgIpc) is 2.36. The minimum atomic E-state index is -0.988. The summed E-state index contributed by atoms with van der Waals surface area (Å²) in [5.41, 5.74) is 1.09. The zero-order chi connectivity index (χ0) is 14.5. The van der Waals surface area contributed by atoms with Crippen LogP contribution in [0.15, 0.2) is 30.3 Å². The number of benzene rings is 1. The standard InChI is InChI=1S/C15H21NO3/c1-15(2,12-7-5-4-6-8-12)10-9-13(17)16(3)11-14(18)19/h4-8H,9-11H2,1-3H3,(H,18,19). The van der Waals surface area contributed by atoms with Gasteiger partial charge in [0.1, 0.15) is 6.54 Å². The molecule has 4 heteroatoms. The van der Waals surface area contributed by atoms with Crippen molar-refractivity contribution in [1.29, 1.82) is 0 Å². The molecular formula is C15H21NO3. The van der Waals surface area contributed by atoms with Gasteiger partial charge in [-0.15, -0.1) is 0 Å². The van der Waals surface area contributed by atoms with Crippen molar-refractivity contribution >= 4 is 11.9 Å². The molecular weight excluding hydrogens is 242 g/mol. The molecule has 0 bridgehead atoms. The summed E-state index contributed by atoms with van der Waals surface area (Å²) in [6.45, 7) is 3.93. The first kappa shape index (κ1) is 15.2. The van der Waals surface area contributed by atoms with E-state index in [2.05, 4.69) is 13.8 Å². The molecule has 1 amide bonds. The number of hydrogen-bond donors (Lipinski definition) is 1. The van der Waals surface area contributed by atoms with E-state index >= 15 is 0 Å². The maximum Gasteiger partial charge on any atom is 0.323 e. The second kappa shape index (κ2) is 6.36. The van der Waals surface area contributed by atoms with Gasteiger partial charge in [-0.05, 0) is 17.4 Å². The molecule has 0 unspecified atom stereocenters. The summed E-state index contributed by atoms with van der Waals surface area (Å²) >= 11 is 0. The van der Waals surface area contributed by atoms with E-state index in [1.807, 2.05) is 30.3 Å². The smallest absolute Gasteiger partial charge is 0.323 e. The van der Waals surface area contributed by atoms with E-state index in [4.69, 9.17) is 5.11 Å². The Labute approximate surface area is 114 Å². The van der Waals surface area contributed by atoms with Crippen LogP contribution >= 0.6 is 0 Å². The number of aliphatic carboxylic acids is 1. The molecule has 0 aliphatic rings.